The number of nitrogens with zero attached hydrogens (tertiary/aromatic N) is 2. The molecule has 0 bridgehead atoms. The number of hydrogen-bond donors (Lipinski definition) is 2. The zero-order valence-electron chi connectivity index (χ0n) is 16.6. The number of quaternary nitrogens is 1. The largest absolute Gasteiger partial charge is 0.345 e. The minimum absolute atomic E-state index is 0.0142. The fourth-order valence-electron chi connectivity index (χ4n) is 3.83. The lowest BCUT2D eigenvalue weighted by Crippen LogP contribution is -3.11. The highest BCUT2D eigenvalue weighted by Gasteiger charge is 2.34. The number of carbonyl (C=O) groups excluding carboxylic acids is 2. The monoisotopic (exact) mass is 409 g/mol. The molecule has 3 aromatic rings. The number of para-hydroxylation sites is 1. The van der Waals surface area contributed by atoms with Crippen LogP contribution in [0, 0.1) is 0 Å². The number of anilines is 1. The summed E-state index contributed by atoms with van der Waals surface area (Å²) in [5, 5.41) is 4.08. The number of thiazole rings is 1. The summed E-state index contributed by atoms with van der Waals surface area (Å²) in [4.78, 5) is 32.2. The number of likely N-dealkylation sites (tertiary alicyclic amines) is 1. The van der Waals surface area contributed by atoms with Gasteiger partial charge >= 0.3 is 0 Å². The maximum absolute atomic E-state index is 12.6. The molecule has 1 fully saturated rings. The molecule has 4 rings (SSSR count). The van der Waals surface area contributed by atoms with Crippen LogP contribution < -0.4 is 10.2 Å². The van der Waals surface area contributed by atoms with Crippen LogP contribution in [0.25, 0.3) is 10.2 Å². The van der Waals surface area contributed by atoms with Gasteiger partial charge in [-0.25, -0.2) is 4.98 Å². The van der Waals surface area contributed by atoms with E-state index in [0.717, 1.165) is 29.9 Å². The van der Waals surface area contributed by atoms with Crippen molar-refractivity contribution in [2.24, 2.45) is 0 Å². The van der Waals surface area contributed by atoms with Crippen LogP contribution in [0.2, 0.25) is 0 Å². The molecule has 0 saturated carbocycles. The number of fused-ring (bicyclic) bond motifs is 1. The SMILES string of the molecule is CN(C)C(=O)c1ccc(NC(=O)C[NH+]2CCC[C@@H]2c2nc3ccccc3s2)cc1. The van der Waals surface area contributed by atoms with Gasteiger partial charge in [0.25, 0.3) is 11.8 Å². The Labute approximate surface area is 174 Å². The Morgan fingerprint density at radius 2 is 1.93 bits per heavy atom. The predicted octanol–water partition coefficient (Wildman–Crippen LogP) is 2.36. The summed E-state index contributed by atoms with van der Waals surface area (Å²) < 4.78 is 1.20. The van der Waals surface area contributed by atoms with E-state index in [1.807, 2.05) is 18.2 Å². The highest BCUT2D eigenvalue weighted by atomic mass is 32.1. The van der Waals surface area contributed by atoms with E-state index in [2.05, 4.69) is 11.4 Å². The van der Waals surface area contributed by atoms with Crippen molar-refractivity contribution in [1.29, 1.82) is 0 Å². The summed E-state index contributed by atoms with van der Waals surface area (Å²) in [5.74, 6) is -0.0669. The average Bonchev–Trinajstić information content (AvgIpc) is 3.34. The fourth-order valence-corrected chi connectivity index (χ4v) is 4.99. The van der Waals surface area contributed by atoms with Crippen molar-refractivity contribution in [2.75, 3.05) is 32.5 Å². The third-order valence-corrected chi connectivity index (χ3v) is 6.45. The number of benzene rings is 2. The van der Waals surface area contributed by atoms with E-state index in [-0.39, 0.29) is 17.9 Å². The molecule has 1 saturated heterocycles. The van der Waals surface area contributed by atoms with E-state index in [0.29, 0.717) is 17.8 Å². The van der Waals surface area contributed by atoms with Crippen LogP contribution in [-0.2, 0) is 4.79 Å². The molecule has 150 valence electrons. The molecule has 1 aromatic heterocycles. The van der Waals surface area contributed by atoms with E-state index >= 15 is 0 Å². The van der Waals surface area contributed by atoms with E-state index in [1.54, 1.807) is 49.7 Å². The lowest BCUT2D eigenvalue weighted by molar-refractivity contribution is -0.910. The van der Waals surface area contributed by atoms with Crippen molar-refractivity contribution in [3.63, 3.8) is 0 Å². The molecule has 6 nitrogen and oxygen atoms in total. The highest BCUT2D eigenvalue weighted by molar-refractivity contribution is 7.18. The standard InChI is InChI=1S/C22H24N4O2S/c1-25(2)22(28)15-9-11-16(12-10-15)23-20(27)14-26-13-5-7-18(26)21-24-17-6-3-4-8-19(17)29-21/h3-4,6,8-12,18H,5,7,13-14H2,1-2H3,(H,23,27)/p+1/t18-/m1/s1. The summed E-state index contributed by atoms with van der Waals surface area (Å²) in [6.45, 7) is 1.39. The van der Waals surface area contributed by atoms with Gasteiger partial charge in [-0.15, -0.1) is 11.3 Å². The van der Waals surface area contributed by atoms with Crippen LogP contribution in [0.1, 0.15) is 34.2 Å². The maximum atomic E-state index is 12.6. The van der Waals surface area contributed by atoms with Gasteiger partial charge in [-0.05, 0) is 36.4 Å². The van der Waals surface area contributed by atoms with Crippen LogP contribution in [0.15, 0.2) is 48.5 Å². The van der Waals surface area contributed by atoms with E-state index in [9.17, 15) is 9.59 Å². The van der Waals surface area contributed by atoms with Gasteiger partial charge < -0.3 is 15.1 Å². The molecule has 2 heterocycles. The third-order valence-electron chi connectivity index (χ3n) is 5.30. The summed E-state index contributed by atoms with van der Waals surface area (Å²) in [6.07, 6.45) is 2.16. The molecule has 29 heavy (non-hydrogen) atoms. The molecular weight excluding hydrogens is 384 g/mol. The second-order valence-corrected chi connectivity index (χ2v) is 8.69. The predicted molar refractivity (Wildman–Crippen MR) is 115 cm³/mol. The molecule has 2 aromatic carbocycles. The molecule has 1 aliphatic rings. The van der Waals surface area contributed by atoms with Gasteiger partial charge in [-0.1, -0.05) is 12.1 Å². The maximum Gasteiger partial charge on any atom is 0.279 e. The van der Waals surface area contributed by atoms with Gasteiger partial charge in [0.2, 0.25) is 0 Å². The summed E-state index contributed by atoms with van der Waals surface area (Å²) in [7, 11) is 3.44. The zero-order chi connectivity index (χ0) is 20.4. The number of hydrogen-bond acceptors (Lipinski definition) is 4. The van der Waals surface area contributed by atoms with Crippen LogP contribution >= 0.6 is 11.3 Å². The van der Waals surface area contributed by atoms with Gasteiger partial charge in [0.1, 0.15) is 6.04 Å². The first-order valence-corrected chi connectivity index (χ1v) is 10.6. The molecule has 0 radical (unpaired) electrons. The minimum Gasteiger partial charge on any atom is -0.345 e. The molecule has 1 aliphatic heterocycles. The van der Waals surface area contributed by atoms with Crippen molar-refractivity contribution in [3.8, 4) is 0 Å². The average molecular weight is 410 g/mol. The second-order valence-electron chi connectivity index (χ2n) is 7.62. The number of aromatic nitrogens is 1. The fraction of sp³-hybridized carbons (Fsp3) is 0.318. The number of amides is 2. The second kappa shape index (κ2) is 8.31. The summed E-state index contributed by atoms with van der Waals surface area (Å²) in [5.41, 5.74) is 2.35. The Balaban J connectivity index is 1.40. The molecule has 2 atom stereocenters. The topological polar surface area (TPSA) is 66.7 Å². The van der Waals surface area contributed by atoms with Gasteiger partial charge in [-0.2, -0.15) is 0 Å². The number of carbonyl (C=O) groups is 2. The van der Waals surface area contributed by atoms with Crippen molar-refractivity contribution in [1.82, 2.24) is 9.88 Å². The first-order valence-electron chi connectivity index (χ1n) is 9.83. The minimum atomic E-state index is -0.0527. The van der Waals surface area contributed by atoms with E-state index in [4.69, 9.17) is 4.98 Å². The quantitative estimate of drug-likeness (QED) is 0.680. The van der Waals surface area contributed by atoms with Crippen molar-refractivity contribution in [2.45, 2.75) is 18.9 Å². The van der Waals surface area contributed by atoms with Gasteiger partial charge in [0, 0.05) is 38.2 Å². The van der Waals surface area contributed by atoms with E-state index < -0.39 is 0 Å². The van der Waals surface area contributed by atoms with Crippen molar-refractivity contribution >= 4 is 39.1 Å². The lowest BCUT2D eigenvalue weighted by atomic mass is 10.2. The van der Waals surface area contributed by atoms with Gasteiger partial charge in [-0.3, -0.25) is 9.59 Å². The van der Waals surface area contributed by atoms with Crippen LogP contribution in [0.5, 0.6) is 0 Å². The lowest BCUT2D eigenvalue weighted by Gasteiger charge is -2.19. The smallest absolute Gasteiger partial charge is 0.279 e. The van der Waals surface area contributed by atoms with Crippen molar-refractivity contribution in [3.05, 3.63) is 59.1 Å². The Bertz CT molecular complexity index is 996. The summed E-state index contributed by atoms with van der Waals surface area (Å²) >= 11 is 1.74. The number of nitrogens with one attached hydrogen (secondary N) is 2. The Morgan fingerprint density at radius 3 is 2.66 bits per heavy atom. The molecule has 0 aliphatic carbocycles. The van der Waals surface area contributed by atoms with E-state index in [1.165, 1.54) is 14.5 Å². The molecule has 0 spiro atoms. The van der Waals surface area contributed by atoms with Crippen LogP contribution in [-0.4, -0.2) is 48.9 Å². The first kappa shape index (κ1) is 19.5. The molecular formula is C22H25N4O2S+. The van der Waals surface area contributed by atoms with Crippen molar-refractivity contribution < 1.29 is 14.5 Å². The summed E-state index contributed by atoms with van der Waals surface area (Å²) in [6, 6.07) is 15.5. The van der Waals surface area contributed by atoms with Crippen LogP contribution in [0.4, 0.5) is 5.69 Å². The van der Waals surface area contributed by atoms with Crippen LogP contribution in [0.3, 0.4) is 0 Å². The Hall–Kier alpha value is -2.77. The Morgan fingerprint density at radius 1 is 1.17 bits per heavy atom. The molecule has 7 heteroatoms. The third kappa shape index (κ3) is 4.31. The first-order chi connectivity index (χ1) is 14.0. The molecule has 2 N–H and O–H groups in total. The highest BCUT2D eigenvalue weighted by Crippen LogP contribution is 2.28. The molecule has 1 unspecified atom stereocenters. The zero-order valence-corrected chi connectivity index (χ0v) is 17.5. The normalized spacial score (nSPS) is 18.7. The number of rotatable bonds is 5. The molecule has 2 amide bonds. The Kier molecular flexibility index (Phi) is 5.60. The van der Waals surface area contributed by atoms with Gasteiger partial charge in [0.15, 0.2) is 11.6 Å². The van der Waals surface area contributed by atoms with Gasteiger partial charge in [0.05, 0.1) is 16.8 Å².